The van der Waals surface area contributed by atoms with Crippen LogP contribution in [0.15, 0.2) is 35.2 Å². The minimum Gasteiger partial charge on any atom is -0.326 e. The smallest absolute Gasteiger partial charge is 0.326 e. The van der Waals surface area contributed by atoms with Crippen molar-refractivity contribution in [3.63, 3.8) is 0 Å². The average molecular weight is 216 g/mol. The molecular formula is C6H9MgO3PS. The van der Waals surface area contributed by atoms with Gasteiger partial charge in [-0.3, -0.25) is 4.57 Å². The van der Waals surface area contributed by atoms with E-state index < -0.39 is 8.25 Å². The molecule has 0 spiro atoms. The maximum Gasteiger partial charge on any atom is 0.327 e. The lowest BCUT2D eigenvalue weighted by molar-refractivity contribution is 0.432. The molecule has 0 amide bonds. The number of hydrogen-bond acceptors (Lipinski definition) is 3. The van der Waals surface area contributed by atoms with Gasteiger partial charge in [0.2, 0.25) is 0 Å². The molecule has 1 rings (SSSR count). The molecule has 64 valence electrons. The topological polar surface area (TPSA) is 46.5 Å². The summed E-state index contributed by atoms with van der Waals surface area (Å²) in [7, 11) is -2.82. The van der Waals surface area contributed by atoms with Gasteiger partial charge in [0.15, 0.2) is 0 Å². The van der Waals surface area contributed by atoms with Crippen LogP contribution < -0.4 is 0 Å². The maximum absolute atomic E-state index is 10.1. The lowest BCUT2D eigenvalue weighted by atomic mass is 10.4. The van der Waals surface area contributed by atoms with E-state index in [-0.39, 0.29) is 23.1 Å². The molecule has 0 aliphatic rings. The lowest BCUT2D eigenvalue weighted by Crippen LogP contribution is -1.68. The molecule has 1 unspecified atom stereocenters. The molecule has 0 aliphatic heterocycles. The minimum atomic E-state index is -2.82. The van der Waals surface area contributed by atoms with Crippen molar-refractivity contribution in [3.8, 4) is 0 Å². The van der Waals surface area contributed by atoms with Gasteiger partial charge >= 0.3 is 31.3 Å². The summed E-state index contributed by atoms with van der Waals surface area (Å²) in [5.41, 5.74) is 0. The van der Waals surface area contributed by atoms with Gasteiger partial charge in [0.1, 0.15) is 0 Å². The van der Waals surface area contributed by atoms with Gasteiger partial charge in [-0.1, -0.05) is 18.2 Å². The van der Waals surface area contributed by atoms with Crippen LogP contribution in [0.5, 0.6) is 0 Å². The van der Waals surface area contributed by atoms with Crippen molar-refractivity contribution >= 4 is 43.4 Å². The molecule has 0 saturated carbocycles. The Morgan fingerprint density at radius 2 is 1.92 bits per heavy atom. The standard InChI is InChI=1S/C6H7O3PS.Mg.2H/c7-10(8)9-11-6-4-2-1-3-5-6;;;/h1-5,10H,(H,7,8);;;. The SMILES string of the molecule is O=[PH](O)OSc1ccccc1.[MgH2]. The monoisotopic (exact) mass is 216 g/mol. The Balaban J connectivity index is 0.00000121. The van der Waals surface area contributed by atoms with Gasteiger partial charge in [-0.25, -0.2) is 3.97 Å². The van der Waals surface area contributed by atoms with Crippen molar-refractivity contribution in [1.82, 2.24) is 0 Å². The number of hydrogen-bond donors (Lipinski definition) is 1. The van der Waals surface area contributed by atoms with E-state index in [0.29, 0.717) is 0 Å². The highest BCUT2D eigenvalue weighted by Gasteiger charge is 1.94. The summed E-state index contributed by atoms with van der Waals surface area (Å²) < 4.78 is 14.6. The largest absolute Gasteiger partial charge is 0.327 e. The fourth-order valence-corrected chi connectivity index (χ4v) is 1.50. The van der Waals surface area contributed by atoms with E-state index in [1.54, 1.807) is 12.1 Å². The third-order valence-corrected chi connectivity index (χ3v) is 2.32. The van der Waals surface area contributed by atoms with Gasteiger partial charge in [0.25, 0.3) is 0 Å². The summed E-state index contributed by atoms with van der Waals surface area (Å²) in [4.78, 5) is 9.14. The van der Waals surface area contributed by atoms with Gasteiger partial charge in [-0.15, -0.1) is 0 Å². The van der Waals surface area contributed by atoms with Gasteiger partial charge in [0, 0.05) is 16.9 Å². The highest BCUT2D eigenvalue weighted by molar-refractivity contribution is 7.97. The molecule has 0 radical (unpaired) electrons. The van der Waals surface area contributed by atoms with E-state index in [0.717, 1.165) is 16.9 Å². The lowest BCUT2D eigenvalue weighted by Gasteiger charge is -1.96. The summed E-state index contributed by atoms with van der Waals surface area (Å²) in [5.74, 6) is 0. The van der Waals surface area contributed by atoms with Crippen LogP contribution in [0.1, 0.15) is 0 Å². The van der Waals surface area contributed by atoms with E-state index in [1.165, 1.54) is 0 Å². The van der Waals surface area contributed by atoms with Crippen molar-refractivity contribution in [1.29, 1.82) is 0 Å². The van der Waals surface area contributed by atoms with E-state index in [9.17, 15) is 4.57 Å². The van der Waals surface area contributed by atoms with Crippen molar-refractivity contribution in [2.75, 3.05) is 0 Å². The average Bonchev–Trinajstić information content (AvgIpc) is 2.03. The second-order valence-electron chi connectivity index (χ2n) is 1.75. The molecule has 0 bridgehead atoms. The van der Waals surface area contributed by atoms with Crippen LogP contribution in [0, 0.1) is 0 Å². The molecule has 12 heavy (non-hydrogen) atoms. The molecule has 0 fully saturated rings. The van der Waals surface area contributed by atoms with Crippen molar-refractivity contribution in [3.05, 3.63) is 30.3 Å². The third-order valence-electron chi connectivity index (χ3n) is 0.952. The zero-order chi connectivity index (χ0) is 8.10. The predicted molar refractivity (Wildman–Crippen MR) is 53.1 cm³/mol. The Kier molecular flexibility index (Phi) is 7.23. The highest BCUT2D eigenvalue weighted by Crippen LogP contribution is 2.29. The molecule has 0 aromatic heterocycles. The van der Waals surface area contributed by atoms with Crippen molar-refractivity contribution in [2.24, 2.45) is 0 Å². The van der Waals surface area contributed by atoms with Gasteiger partial charge in [0.05, 0.1) is 0 Å². The fraction of sp³-hybridized carbons (Fsp3) is 0. The summed E-state index contributed by atoms with van der Waals surface area (Å²) >= 11 is 0.911. The van der Waals surface area contributed by atoms with Crippen LogP contribution in [0.25, 0.3) is 0 Å². The molecule has 1 atom stereocenters. The Morgan fingerprint density at radius 1 is 1.33 bits per heavy atom. The summed E-state index contributed by atoms with van der Waals surface area (Å²) in [6.45, 7) is 0. The van der Waals surface area contributed by atoms with Crippen LogP contribution >= 0.6 is 20.3 Å². The van der Waals surface area contributed by atoms with Crippen LogP contribution in [0.3, 0.4) is 0 Å². The number of rotatable bonds is 3. The Morgan fingerprint density at radius 3 is 2.42 bits per heavy atom. The molecule has 0 saturated heterocycles. The van der Waals surface area contributed by atoms with Crippen LogP contribution in [-0.2, 0) is 8.54 Å². The highest BCUT2D eigenvalue weighted by atomic mass is 32.2. The van der Waals surface area contributed by atoms with Gasteiger partial charge < -0.3 is 4.89 Å². The first kappa shape index (κ1) is 12.5. The molecule has 1 N–H and O–H groups in total. The predicted octanol–water partition coefficient (Wildman–Crippen LogP) is 1.18. The second-order valence-corrected chi connectivity index (χ2v) is 3.58. The Labute approximate surface area is 91.8 Å². The van der Waals surface area contributed by atoms with E-state index in [1.807, 2.05) is 18.2 Å². The fourth-order valence-electron chi connectivity index (χ4n) is 0.560. The summed E-state index contributed by atoms with van der Waals surface area (Å²) in [6, 6.07) is 9.14. The van der Waals surface area contributed by atoms with Crippen molar-refractivity contribution in [2.45, 2.75) is 4.90 Å². The molecule has 6 heteroatoms. The third kappa shape index (κ3) is 5.19. The summed E-state index contributed by atoms with van der Waals surface area (Å²) in [5, 5.41) is 0. The van der Waals surface area contributed by atoms with Crippen LogP contribution in [-0.4, -0.2) is 27.9 Å². The van der Waals surface area contributed by atoms with Crippen molar-refractivity contribution < 1.29 is 13.4 Å². The normalized spacial score (nSPS) is 11.8. The zero-order valence-electron chi connectivity index (χ0n) is 5.56. The Bertz CT molecular complexity index is 244. The first-order chi connectivity index (χ1) is 5.29. The Hall–Kier alpha value is 0.486. The molecule has 3 nitrogen and oxygen atoms in total. The van der Waals surface area contributed by atoms with E-state index in [4.69, 9.17) is 4.89 Å². The summed E-state index contributed by atoms with van der Waals surface area (Å²) in [6.07, 6.45) is 0. The first-order valence-corrected chi connectivity index (χ1v) is 4.92. The zero-order valence-corrected chi connectivity index (χ0v) is 7.38. The van der Waals surface area contributed by atoms with Crippen LogP contribution in [0.2, 0.25) is 0 Å². The quantitative estimate of drug-likeness (QED) is 0.468. The maximum atomic E-state index is 10.1. The van der Waals surface area contributed by atoms with E-state index >= 15 is 0 Å². The second kappa shape index (κ2) is 6.94. The molecular weight excluding hydrogens is 207 g/mol. The van der Waals surface area contributed by atoms with E-state index in [2.05, 4.69) is 3.97 Å². The molecule has 1 aromatic carbocycles. The molecule has 0 aliphatic carbocycles. The van der Waals surface area contributed by atoms with Crippen LogP contribution in [0.4, 0.5) is 0 Å². The first-order valence-electron chi connectivity index (χ1n) is 2.91. The van der Waals surface area contributed by atoms with Gasteiger partial charge in [-0.2, -0.15) is 0 Å². The molecule has 1 aromatic rings. The number of benzene rings is 1. The van der Waals surface area contributed by atoms with Gasteiger partial charge in [-0.05, 0) is 12.1 Å². The molecule has 0 heterocycles. The minimum absolute atomic E-state index is 0.